The molecule has 0 saturated carbocycles. The molecular formula is C22H18N4O7S2. The second kappa shape index (κ2) is 9.35. The quantitative estimate of drug-likeness (QED) is 0.361. The minimum absolute atomic E-state index is 0.00375. The molecule has 0 atom stereocenters. The Morgan fingerprint density at radius 2 is 1.80 bits per heavy atom. The van der Waals surface area contributed by atoms with Crippen molar-refractivity contribution < 1.29 is 32.2 Å². The van der Waals surface area contributed by atoms with Crippen molar-refractivity contribution in [2.75, 3.05) is 20.5 Å². The zero-order chi connectivity index (χ0) is 25.3. The molecule has 11 nitrogen and oxygen atoms in total. The Morgan fingerprint density at radius 1 is 1.09 bits per heavy atom. The number of esters is 1. The number of fused-ring (bicyclic) bond motifs is 1. The van der Waals surface area contributed by atoms with Crippen LogP contribution in [-0.4, -0.2) is 61.2 Å². The molecule has 1 amide bonds. The van der Waals surface area contributed by atoms with E-state index in [4.69, 9.17) is 19.6 Å². The van der Waals surface area contributed by atoms with E-state index in [1.54, 1.807) is 30.3 Å². The zero-order valence-corrected chi connectivity index (χ0v) is 20.3. The molecule has 35 heavy (non-hydrogen) atoms. The second-order valence-electron chi connectivity index (χ2n) is 7.19. The summed E-state index contributed by atoms with van der Waals surface area (Å²) < 4.78 is 39.1. The van der Waals surface area contributed by atoms with Gasteiger partial charge in [0, 0.05) is 6.26 Å². The van der Waals surface area contributed by atoms with E-state index in [2.05, 4.69) is 10.1 Å². The van der Waals surface area contributed by atoms with E-state index in [0.29, 0.717) is 28.6 Å². The summed E-state index contributed by atoms with van der Waals surface area (Å²) in [7, 11) is -0.713. The lowest BCUT2D eigenvalue weighted by molar-refractivity contribution is -0.114. The van der Waals surface area contributed by atoms with Crippen LogP contribution < -0.4 is 14.2 Å². The SMILES string of the molecule is COc1ccc(C(=O)Oc2ccc(C=C3C(=N)N4N=C(S(C)(=O)=O)SC4=NC3=O)cc2OC)cc1. The molecule has 2 aromatic rings. The van der Waals surface area contributed by atoms with Crippen molar-refractivity contribution in [1.82, 2.24) is 5.01 Å². The molecule has 2 aromatic carbocycles. The Kier molecular flexibility index (Phi) is 6.45. The van der Waals surface area contributed by atoms with Crippen molar-refractivity contribution >= 4 is 54.9 Å². The molecule has 0 unspecified atom stereocenters. The lowest BCUT2D eigenvalue weighted by atomic mass is 10.1. The number of nitrogens with zero attached hydrogens (tertiary/aromatic N) is 3. The number of thioether (sulfide) groups is 1. The van der Waals surface area contributed by atoms with E-state index in [9.17, 15) is 18.0 Å². The number of amides is 1. The Labute approximate surface area is 204 Å². The van der Waals surface area contributed by atoms with Gasteiger partial charge in [0.1, 0.15) is 5.75 Å². The lowest BCUT2D eigenvalue weighted by Gasteiger charge is -2.20. The standard InChI is InChI=1S/C22H18N4O7S2/c1-31-14-7-5-13(6-8-14)20(28)33-16-9-4-12(11-17(16)32-2)10-15-18(23)26-21(24-19(15)27)34-22(25-26)35(3,29)30/h4-11,23H,1-3H3. The van der Waals surface area contributed by atoms with Crippen LogP contribution >= 0.6 is 11.8 Å². The highest BCUT2D eigenvalue weighted by atomic mass is 32.3. The molecule has 0 saturated heterocycles. The second-order valence-corrected chi connectivity index (χ2v) is 10.3. The summed E-state index contributed by atoms with van der Waals surface area (Å²) in [5.41, 5.74) is 0.668. The largest absolute Gasteiger partial charge is 0.497 e. The van der Waals surface area contributed by atoms with Crippen LogP contribution in [0.5, 0.6) is 17.2 Å². The molecule has 2 heterocycles. The number of aliphatic imine (C=N–C) groups is 1. The molecule has 0 aliphatic carbocycles. The topological polar surface area (TPSA) is 148 Å². The summed E-state index contributed by atoms with van der Waals surface area (Å²) in [5, 5.41) is 13.2. The van der Waals surface area contributed by atoms with Crippen molar-refractivity contribution in [2.24, 2.45) is 10.1 Å². The van der Waals surface area contributed by atoms with Gasteiger partial charge in [-0.2, -0.15) is 10.0 Å². The number of hydrazone groups is 1. The first-order valence-corrected chi connectivity index (χ1v) is 12.6. The molecule has 0 radical (unpaired) electrons. The van der Waals surface area contributed by atoms with Crippen LogP contribution in [0.15, 0.2) is 58.1 Å². The van der Waals surface area contributed by atoms with Gasteiger partial charge >= 0.3 is 5.97 Å². The van der Waals surface area contributed by atoms with E-state index in [-0.39, 0.29) is 32.5 Å². The fourth-order valence-corrected chi connectivity index (χ4v) is 4.72. The maximum absolute atomic E-state index is 12.5. The Hall–Kier alpha value is -3.97. The van der Waals surface area contributed by atoms with Gasteiger partial charge in [-0.15, -0.1) is 5.10 Å². The van der Waals surface area contributed by atoms with Crippen LogP contribution in [0, 0.1) is 5.41 Å². The molecule has 2 aliphatic heterocycles. The molecule has 0 spiro atoms. The van der Waals surface area contributed by atoms with Crippen molar-refractivity contribution in [3.63, 3.8) is 0 Å². The third-order valence-electron chi connectivity index (χ3n) is 4.78. The number of hydrogen-bond donors (Lipinski definition) is 1. The number of rotatable bonds is 5. The van der Waals surface area contributed by atoms with Crippen molar-refractivity contribution in [3.05, 3.63) is 59.2 Å². The summed E-state index contributed by atoms with van der Waals surface area (Å²) >= 11 is 0.705. The van der Waals surface area contributed by atoms with E-state index < -0.39 is 21.7 Å². The van der Waals surface area contributed by atoms with Gasteiger partial charge in [0.25, 0.3) is 5.91 Å². The summed E-state index contributed by atoms with van der Waals surface area (Å²) in [6.45, 7) is 0. The van der Waals surface area contributed by atoms with Gasteiger partial charge in [0.15, 0.2) is 17.3 Å². The Morgan fingerprint density at radius 3 is 2.43 bits per heavy atom. The van der Waals surface area contributed by atoms with Crippen molar-refractivity contribution in [1.29, 1.82) is 5.41 Å². The van der Waals surface area contributed by atoms with Crippen LogP contribution in [0.25, 0.3) is 6.08 Å². The number of hydrogen-bond acceptors (Lipinski definition) is 10. The average Bonchev–Trinajstić information content (AvgIpc) is 3.27. The van der Waals surface area contributed by atoms with E-state index in [1.807, 2.05) is 0 Å². The number of nitrogens with one attached hydrogen (secondary N) is 1. The first-order chi connectivity index (χ1) is 16.6. The molecule has 13 heteroatoms. The summed E-state index contributed by atoms with van der Waals surface area (Å²) in [6, 6.07) is 11.0. The predicted octanol–water partition coefficient (Wildman–Crippen LogP) is 2.54. The third kappa shape index (κ3) is 4.95. The number of carbonyl (C=O) groups is 2. The van der Waals surface area contributed by atoms with Gasteiger partial charge in [-0.3, -0.25) is 10.2 Å². The van der Waals surface area contributed by atoms with Crippen molar-refractivity contribution in [2.45, 2.75) is 0 Å². The van der Waals surface area contributed by atoms with E-state index in [0.717, 1.165) is 11.3 Å². The first-order valence-electron chi connectivity index (χ1n) is 9.85. The minimum atomic E-state index is -3.63. The summed E-state index contributed by atoms with van der Waals surface area (Å²) in [5.74, 6) is -0.669. The Balaban J connectivity index is 1.59. The Bertz CT molecular complexity index is 1440. The molecule has 0 fully saturated rings. The molecule has 180 valence electrons. The fourth-order valence-electron chi connectivity index (χ4n) is 3.04. The first kappa shape index (κ1) is 24.2. The minimum Gasteiger partial charge on any atom is -0.497 e. The molecule has 1 N–H and O–H groups in total. The molecule has 0 bridgehead atoms. The predicted molar refractivity (Wildman–Crippen MR) is 131 cm³/mol. The maximum Gasteiger partial charge on any atom is 0.343 e. The van der Waals surface area contributed by atoms with Crippen LogP contribution in [-0.2, 0) is 14.6 Å². The highest BCUT2D eigenvalue weighted by Gasteiger charge is 2.38. The van der Waals surface area contributed by atoms with E-state index in [1.165, 1.54) is 32.4 Å². The number of methoxy groups -OCH3 is 2. The molecule has 2 aliphatic rings. The highest BCUT2D eigenvalue weighted by molar-refractivity contribution is 8.42. The third-order valence-corrected chi connectivity index (χ3v) is 7.36. The summed E-state index contributed by atoms with van der Waals surface area (Å²) in [6.07, 6.45) is 2.37. The van der Waals surface area contributed by atoms with Crippen molar-refractivity contribution in [3.8, 4) is 17.2 Å². The van der Waals surface area contributed by atoms with Crippen LogP contribution in [0.3, 0.4) is 0 Å². The van der Waals surface area contributed by atoms with Gasteiger partial charge in [-0.1, -0.05) is 6.07 Å². The zero-order valence-electron chi connectivity index (χ0n) is 18.6. The molecule has 4 rings (SSSR count). The average molecular weight is 515 g/mol. The molecular weight excluding hydrogens is 496 g/mol. The van der Waals surface area contributed by atoms with Gasteiger partial charge in [0.05, 0.1) is 25.4 Å². The number of benzene rings is 2. The van der Waals surface area contributed by atoms with Crippen LogP contribution in [0.4, 0.5) is 0 Å². The van der Waals surface area contributed by atoms with Gasteiger partial charge in [-0.05, 0) is 59.8 Å². The number of amidine groups is 2. The van der Waals surface area contributed by atoms with Gasteiger partial charge < -0.3 is 14.2 Å². The van der Waals surface area contributed by atoms with Crippen LogP contribution in [0.2, 0.25) is 0 Å². The lowest BCUT2D eigenvalue weighted by Crippen LogP contribution is -2.35. The van der Waals surface area contributed by atoms with Gasteiger partial charge in [-0.25, -0.2) is 13.2 Å². The summed E-state index contributed by atoms with van der Waals surface area (Å²) in [4.78, 5) is 28.9. The normalized spacial score (nSPS) is 16.5. The smallest absolute Gasteiger partial charge is 0.343 e. The number of ether oxygens (including phenoxy) is 3. The number of sulfone groups is 1. The highest BCUT2D eigenvalue weighted by Crippen LogP contribution is 2.32. The maximum atomic E-state index is 12.5. The van der Waals surface area contributed by atoms with Gasteiger partial charge in [0.2, 0.25) is 19.4 Å². The van der Waals surface area contributed by atoms with E-state index >= 15 is 0 Å². The fraction of sp³-hybridized carbons (Fsp3) is 0.136. The monoisotopic (exact) mass is 514 g/mol. The van der Waals surface area contributed by atoms with Crippen LogP contribution in [0.1, 0.15) is 15.9 Å². The molecule has 0 aromatic heterocycles. The number of carbonyl (C=O) groups excluding carboxylic acids is 2.